The van der Waals surface area contributed by atoms with Crippen molar-refractivity contribution >= 4 is 5.91 Å². The Morgan fingerprint density at radius 3 is 2.74 bits per heavy atom. The molecule has 1 aromatic rings. The number of nitrogens with one attached hydrogen (secondary N) is 1. The van der Waals surface area contributed by atoms with Gasteiger partial charge in [0.1, 0.15) is 5.75 Å². The molecule has 0 spiro atoms. The predicted molar refractivity (Wildman–Crippen MR) is 74.0 cm³/mol. The largest absolute Gasteiger partial charge is 0.494 e. The van der Waals surface area contributed by atoms with Crippen molar-refractivity contribution in [1.82, 2.24) is 5.32 Å². The number of hydrogen-bond donors (Lipinski definition) is 2. The highest BCUT2D eigenvalue weighted by Gasteiger charge is 2.11. The van der Waals surface area contributed by atoms with E-state index in [0.29, 0.717) is 26.2 Å². The van der Waals surface area contributed by atoms with E-state index in [1.54, 1.807) is 7.11 Å². The summed E-state index contributed by atoms with van der Waals surface area (Å²) in [6.07, 6.45) is 1.28. The fourth-order valence-corrected chi connectivity index (χ4v) is 1.50. The smallest absolute Gasteiger partial charge is 0.237 e. The minimum atomic E-state index is -0.505. The van der Waals surface area contributed by atoms with Gasteiger partial charge in [-0.25, -0.2) is 0 Å². The molecule has 1 unspecified atom stereocenters. The predicted octanol–water partition coefficient (Wildman–Crippen LogP) is 0.935. The van der Waals surface area contributed by atoms with Crippen LogP contribution in [0.15, 0.2) is 30.3 Å². The maximum absolute atomic E-state index is 11.5. The molecule has 0 aliphatic rings. The van der Waals surface area contributed by atoms with E-state index < -0.39 is 6.04 Å². The number of benzene rings is 1. The van der Waals surface area contributed by atoms with Crippen LogP contribution >= 0.6 is 0 Å². The van der Waals surface area contributed by atoms with Crippen molar-refractivity contribution in [2.45, 2.75) is 18.9 Å². The Labute approximate surface area is 114 Å². The summed E-state index contributed by atoms with van der Waals surface area (Å²) in [6.45, 7) is 1.62. The summed E-state index contributed by atoms with van der Waals surface area (Å²) in [7, 11) is 1.59. The number of carbonyl (C=O) groups excluding carboxylic acids is 1. The molecule has 19 heavy (non-hydrogen) atoms. The molecule has 0 aliphatic carbocycles. The van der Waals surface area contributed by atoms with E-state index in [0.717, 1.165) is 12.2 Å². The molecule has 3 N–H and O–H groups in total. The Morgan fingerprint density at radius 2 is 2.05 bits per heavy atom. The van der Waals surface area contributed by atoms with Gasteiger partial charge in [-0.15, -0.1) is 0 Å². The second-order valence-corrected chi connectivity index (χ2v) is 4.19. The SMILES string of the molecule is COCCC(N)C(=O)NCCCOc1ccccc1. The molecule has 0 radical (unpaired) electrons. The van der Waals surface area contributed by atoms with Crippen LogP contribution in [0.4, 0.5) is 0 Å². The van der Waals surface area contributed by atoms with Gasteiger partial charge in [0.15, 0.2) is 0 Å². The lowest BCUT2D eigenvalue weighted by atomic mass is 10.2. The van der Waals surface area contributed by atoms with Gasteiger partial charge in [0.05, 0.1) is 12.6 Å². The second-order valence-electron chi connectivity index (χ2n) is 4.19. The Morgan fingerprint density at radius 1 is 1.32 bits per heavy atom. The first-order valence-electron chi connectivity index (χ1n) is 6.44. The summed E-state index contributed by atoms with van der Waals surface area (Å²) < 4.78 is 10.4. The van der Waals surface area contributed by atoms with E-state index in [4.69, 9.17) is 15.2 Å². The van der Waals surface area contributed by atoms with Gasteiger partial charge < -0.3 is 20.5 Å². The lowest BCUT2D eigenvalue weighted by Gasteiger charge is -2.12. The number of rotatable bonds is 9. The minimum Gasteiger partial charge on any atom is -0.494 e. The number of hydrogen-bond acceptors (Lipinski definition) is 4. The van der Waals surface area contributed by atoms with Gasteiger partial charge in [-0.3, -0.25) is 4.79 Å². The van der Waals surface area contributed by atoms with Crippen LogP contribution < -0.4 is 15.8 Å². The molecule has 0 aliphatic heterocycles. The molecular weight excluding hydrogens is 244 g/mol. The van der Waals surface area contributed by atoms with Gasteiger partial charge in [0.25, 0.3) is 0 Å². The third-order valence-corrected chi connectivity index (χ3v) is 2.60. The van der Waals surface area contributed by atoms with Gasteiger partial charge in [-0.1, -0.05) is 18.2 Å². The van der Waals surface area contributed by atoms with Crippen LogP contribution in [-0.4, -0.2) is 38.8 Å². The highest BCUT2D eigenvalue weighted by molar-refractivity contribution is 5.81. The van der Waals surface area contributed by atoms with Gasteiger partial charge in [0, 0.05) is 20.3 Å². The van der Waals surface area contributed by atoms with Crippen molar-refractivity contribution in [1.29, 1.82) is 0 Å². The van der Waals surface area contributed by atoms with Crippen molar-refractivity contribution in [2.75, 3.05) is 26.9 Å². The number of methoxy groups -OCH3 is 1. The zero-order valence-electron chi connectivity index (χ0n) is 11.3. The zero-order chi connectivity index (χ0) is 13.9. The van der Waals surface area contributed by atoms with E-state index in [2.05, 4.69) is 5.32 Å². The standard InChI is InChI=1S/C14H22N2O3/c1-18-11-8-13(15)14(17)16-9-5-10-19-12-6-3-2-4-7-12/h2-4,6-7,13H,5,8-11,15H2,1H3,(H,16,17). The van der Waals surface area contributed by atoms with Gasteiger partial charge in [-0.2, -0.15) is 0 Å². The molecule has 0 saturated heterocycles. The molecule has 5 heteroatoms. The summed E-state index contributed by atoms with van der Waals surface area (Å²) in [5.41, 5.74) is 5.69. The quantitative estimate of drug-likeness (QED) is 0.652. The summed E-state index contributed by atoms with van der Waals surface area (Å²) in [5, 5.41) is 2.78. The first kappa shape index (κ1) is 15.5. The van der Waals surface area contributed by atoms with E-state index in [1.807, 2.05) is 30.3 Å². The van der Waals surface area contributed by atoms with Crippen LogP contribution in [0.3, 0.4) is 0 Å². The van der Waals surface area contributed by atoms with E-state index in [-0.39, 0.29) is 5.91 Å². The van der Waals surface area contributed by atoms with Crippen molar-refractivity contribution in [3.63, 3.8) is 0 Å². The molecule has 0 heterocycles. The average molecular weight is 266 g/mol. The van der Waals surface area contributed by atoms with Crippen molar-refractivity contribution in [3.05, 3.63) is 30.3 Å². The highest BCUT2D eigenvalue weighted by Crippen LogP contribution is 2.07. The van der Waals surface area contributed by atoms with Gasteiger partial charge >= 0.3 is 0 Å². The molecule has 1 amide bonds. The van der Waals surface area contributed by atoms with Crippen LogP contribution in [0.1, 0.15) is 12.8 Å². The molecule has 0 aromatic heterocycles. The Hall–Kier alpha value is -1.59. The molecular formula is C14H22N2O3. The topological polar surface area (TPSA) is 73.6 Å². The molecule has 106 valence electrons. The summed E-state index contributed by atoms with van der Waals surface area (Å²) >= 11 is 0. The van der Waals surface area contributed by atoms with Crippen molar-refractivity contribution in [2.24, 2.45) is 5.73 Å². The van der Waals surface area contributed by atoms with Gasteiger partial charge in [0.2, 0.25) is 5.91 Å². The molecule has 5 nitrogen and oxygen atoms in total. The third-order valence-electron chi connectivity index (χ3n) is 2.60. The molecule has 0 saturated carbocycles. The first-order valence-corrected chi connectivity index (χ1v) is 6.44. The van der Waals surface area contributed by atoms with Gasteiger partial charge in [-0.05, 0) is 25.0 Å². The molecule has 1 rings (SSSR count). The van der Waals surface area contributed by atoms with Crippen molar-refractivity contribution in [3.8, 4) is 5.75 Å². The Bertz CT molecular complexity index is 357. The summed E-state index contributed by atoms with van der Waals surface area (Å²) in [5.74, 6) is 0.697. The normalized spacial score (nSPS) is 11.9. The summed E-state index contributed by atoms with van der Waals surface area (Å²) in [6, 6.07) is 9.08. The van der Waals surface area contributed by atoms with Crippen LogP contribution in [-0.2, 0) is 9.53 Å². The Balaban J connectivity index is 2.05. The number of amides is 1. The number of carbonyl (C=O) groups is 1. The summed E-state index contributed by atoms with van der Waals surface area (Å²) in [4.78, 5) is 11.5. The fraction of sp³-hybridized carbons (Fsp3) is 0.500. The lowest BCUT2D eigenvalue weighted by molar-refractivity contribution is -0.122. The number of para-hydroxylation sites is 1. The maximum Gasteiger partial charge on any atom is 0.237 e. The van der Waals surface area contributed by atoms with Crippen LogP contribution in [0, 0.1) is 0 Å². The third kappa shape index (κ3) is 6.79. The lowest BCUT2D eigenvalue weighted by Crippen LogP contribution is -2.41. The van der Waals surface area contributed by atoms with Crippen LogP contribution in [0.5, 0.6) is 5.75 Å². The van der Waals surface area contributed by atoms with Crippen LogP contribution in [0.2, 0.25) is 0 Å². The molecule has 1 aromatic carbocycles. The van der Waals surface area contributed by atoms with Crippen molar-refractivity contribution < 1.29 is 14.3 Å². The molecule has 1 atom stereocenters. The minimum absolute atomic E-state index is 0.142. The monoisotopic (exact) mass is 266 g/mol. The highest BCUT2D eigenvalue weighted by atomic mass is 16.5. The number of ether oxygens (including phenoxy) is 2. The van der Waals surface area contributed by atoms with E-state index in [9.17, 15) is 4.79 Å². The maximum atomic E-state index is 11.5. The first-order chi connectivity index (χ1) is 9.24. The second kappa shape index (κ2) is 9.35. The Kier molecular flexibility index (Phi) is 7.62. The van der Waals surface area contributed by atoms with E-state index >= 15 is 0 Å². The molecule has 0 fully saturated rings. The van der Waals surface area contributed by atoms with Crippen LogP contribution in [0.25, 0.3) is 0 Å². The fourth-order valence-electron chi connectivity index (χ4n) is 1.50. The molecule has 0 bridgehead atoms. The average Bonchev–Trinajstić information content (AvgIpc) is 2.45. The zero-order valence-corrected chi connectivity index (χ0v) is 11.3. The number of nitrogens with two attached hydrogens (primary N) is 1. The van der Waals surface area contributed by atoms with E-state index in [1.165, 1.54) is 0 Å².